The number of hydrogen-bond donors (Lipinski definition) is 1. The summed E-state index contributed by atoms with van der Waals surface area (Å²) in [4.78, 5) is 11.5. The molecule has 2 unspecified atom stereocenters. The topological polar surface area (TPSA) is 34.1 Å². The average Bonchev–Trinajstić information content (AvgIpc) is 3.18. The van der Waals surface area contributed by atoms with Gasteiger partial charge < -0.3 is 20.0 Å². The van der Waals surface area contributed by atoms with Crippen LogP contribution >= 0.6 is 24.0 Å². The van der Waals surface area contributed by atoms with Crippen LogP contribution in [0.5, 0.6) is 0 Å². The Morgan fingerprint density at radius 1 is 1.16 bits per heavy atom. The molecule has 0 amide bonds. The van der Waals surface area contributed by atoms with E-state index in [1.807, 2.05) is 19.0 Å². The van der Waals surface area contributed by atoms with E-state index in [4.69, 9.17) is 4.99 Å². The van der Waals surface area contributed by atoms with Crippen LogP contribution in [0.4, 0.5) is 8.78 Å². The maximum absolute atomic E-state index is 14.4. The lowest BCUT2D eigenvalue weighted by atomic mass is 10.0. The van der Waals surface area contributed by atoms with Crippen molar-refractivity contribution < 1.29 is 8.78 Å². The van der Waals surface area contributed by atoms with Gasteiger partial charge in [-0.25, -0.2) is 8.78 Å². The molecule has 2 saturated heterocycles. The van der Waals surface area contributed by atoms with Gasteiger partial charge in [-0.3, -0.25) is 4.99 Å². The summed E-state index contributed by atoms with van der Waals surface area (Å²) in [7, 11) is 3.67. The van der Waals surface area contributed by atoms with Gasteiger partial charge in [-0.1, -0.05) is 12.5 Å². The van der Waals surface area contributed by atoms with Crippen molar-refractivity contribution in [3.8, 4) is 0 Å². The van der Waals surface area contributed by atoms with Gasteiger partial charge in [-0.05, 0) is 71.4 Å². The minimum Gasteiger partial charge on any atom is -0.357 e. The van der Waals surface area contributed by atoms with Gasteiger partial charge in [-0.2, -0.15) is 0 Å². The van der Waals surface area contributed by atoms with Crippen molar-refractivity contribution in [3.63, 3.8) is 0 Å². The van der Waals surface area contributed by atoms with Gasteiger partial charge in [0, 0.05) is 31.7 Å². The fourth-order valence-electron chi connectivity index (χ4n) is 4.62. The Morgan fingerprint density at radius 2 is 1.84 bits per heavy atom. The van der Waals surface area contributed by atoms with E-state index < -0.39 is 17.7 Å². The molecule has 1 N–H and O–H groups in total. The molecule has 0 radical (unpaired) electrons. The maximum Gasteiger partial charge on any atom is 0.193 e. The van der Waals surface area contributed by atoms with Gasteiger partial charge in [0.2, 0.25) is 0 Å². The molecular formula is C23H38F2IN5. The van der Waals surface area contributed by atoms with Gasteiger partial charge in [0.15, 0.2) is 5.96 Å². The van der Waals surface area contributed by atoms with Gasteiger partial charge in [-0.15, -0.1) is 24.0 Å². The molecule has 2 atom stereocenters. The van der Waals surface area contributed by atoms with Crippen LogP contribution in [0.1, 0.15) is 44.2 Å². The molecule has 2 aliphatic rings. The van der Waals surface area contributed by atoms with Crippen molar-refractivity contribution in [2.24, 2.45) is 10.9 Å². The first-order valence-corrected chi connectivity index (χ1v) is 11.4. The summed E-state index contributed by atoms with van der Waals surface area (Å²) in [6.07, 6.45) is 5.16. The molecule has 31 heavy (non-hydrogen) atoms. The first-order chi connectivity index (χ1) is 14.5. The van der Waals surface area contributed by atoms with E-state index in [9.17, 15) is 8.78 Å². The third-order valence-electron chi connectivity index (χ3n) is 6.26. The van der Waals surface area contributed by atoms with Gasteiger partial charge in [0.1, 0.15) is 11.6 Å². The Hall–Kier alpha value is -1.00. The van der Waals surface area contributed by atoms with Gasteiger partial charge in [0.05, 0.1) is 12.6 Å². The van der Waals surface area contributed by atoms with Crippen LogP contribution in [-0.2, 0) is 0 Å². The predicted octanol–water partition coefficient (Wildman–Crippen LogP) is 3.96. The first-order valence-electron chi connectivity index (χ1n) is 11.4. The van der Waals surface area contributed by atoms with E-state index in [-0.39, 0.29) is 29.5 Å². The van der Waals surface area contributed by atoms with Crippen molar-refractivity contribution in [1.29, 1.82) is 0 Å². The third kappa shape index (κ3) is 7.25. The molecule has 1 aromatic rings. The van der Waals surface area contributed by atoms with Crippen molar-refractivity contribution in [3.05, 3.63) is 35.4 Å². The molecule has 8 heteroatoms. The zero-order valence-electron chi connectivity index (χ0n) is 19.1. The Balaban J connectivity index is 0.00000341. The fraction of sp³-hybridized carbons (Fsp3) is 0.696. The number of halogens is 3. The van der Waals surface area contributed by atoms with Crippen LogP contribution in [0.2, 0.25) is 0 Å². The molecule has 1 aromatic carbocycles. The highest BCUT2D eigenvalue weighted by molar-refractivity contribution is 14.0. The molecule has 0 saturated carbocycles. The molecule has 2 aliphatic heterocycles. The summed E-state index contributed by atoms with van der Waals surface area (Å²) in [6.45, 7) is 8.71. The molecule has 5 nitrogen and oxygen atoms in total. The number of nitrogens with one attached hydrogen (secondary N) is 1. The van der Waals surface area contributed by atoms with Crippen molar-refractivity contribution in [2.75, 3.05) is 59.9 Å². The Kier molecular flexibility index (Phi) is 10.9. The Labute approximate surface area is 203 Å². The number of guanidine groups is 1. The zero-order valence-corrected chi connectivity index (χ0v) is 21.4. The summed E-state index contributed by atoms with van der Waals surface area (Å²) in [5.74, 6) is 0.469. The van der Waals surface area contributed by atoms with Crippen LogP contribution in [0.15, 0.2) is 23.2 Å². The van der Waals surface area contributed by atoms with Crippen LogP contribution in [-0.4, -0.2) is 80.6 Å². The Morgan fingerprint density at radius 3 is 2.45 bits per heavy atom. The van der Waals surface area contributed by atoms with Crippen LogP contribution in [0, 0.1) is 17.6 Å². The molecule has 0 aromatic heterocycles. The largest absolute Gasteiger partial charge is 0.357 e. The van der Waals surface area contributed by atoms with Gasteiger partial charge in [0.25, 0.3) is 0 Å². The molecule has 176 valence electrons. The van der Waals surface area contributed by atoms with Crippen LogP contribution in [0.3, 0.4) is 0 Å². The molecule has 2 fully saturated rings. The summed E-state index contributed by atoms with van der Waals surface area (Å²) in [5.41, 5.74) is 0.0893. The minimum absolute atomic E-state index is 0. The number of aliphatic imine (C=N–C) groups is 1. The van der Waals surface area contributed by atoms with Crippen LogP contribution in [0.25, 0.3) is 0 Å². The van der Waals surface area contributed by atoms with Crippen molar-refractivity contribution >= 4 is 29.9 Å². The molecule has 0 aliphatic carbocycles. The maximum atomic E-state index is 14.4. The lowest BCUT2D eigenvalue weighted by Crippen LogP contribution is -2.41. The highest BCUT2D eigenvalue weighted by Crippen LogP contribution is 2.25. The predicted molar refractivity (Wildman–Crippen MR) is 134 cm³/mol. The van der Waals surface area contributed by atoms with Crippen LogP contribution < -0.4 is 5.32 Å². The second-order valence-corrected chi connectivity index (χ2v) is 8.77. The number of nitrogens with zero attached hydrogens (tertiary/aromatic N) is 4. The van der Waals surface area contributed by atoms with E-state index in [1.54, 1.807) is 0 Å². The fourth-order valence-corrected chi connectivity index (χ4v) is 4.62. The number of hydrogen-bond acceptors (Lipinski definition) is 3. The lowest BCUT2D eigenvalue weighted by Gasteiger charge is -2.29. The quantitative estimate of drug-likeness (QED) is 0.318. The molecule has 2 heterocycles. The monoisotopic (exact) mass is 549 g/mol. The molecule has 0 bridgehead atoms. The molecular weight excluding hydrogens is 511 g/mol. The van der Waals surface area contributed by atoms with E-state index in [2.05, 4.69) is 22.0 Å². The number of rotatable bonds is 7. The summed E-state index contributed by atoms with van der Waals surface area (Å²) in [6, 6.07) is 3.58. The van der Waals surface area contributed by atoms with Crippen molar-refractivity contribution in [1.82, 2.24) is 20.0 Å². The summed E-state index contributed by atoms with van der Waals surface area (Å²) < 4.78 is 28.7. The smallest absolute Gasteiger partial charge is 0.193 e. The number of piperidine rings is 1. The first kappa shape index (κ1) is 26.3. The van der Waals surface area contributed by atoms with E-state index in [1.165, 1.54) is 57.0 Å². The SMILES string of the molecule is CCNC(=NCC(c1c(F)cccc1F)N(C)C)N1CCC(CN2CCCCC2)C1.I. The molecule has 3 rings (SSSR count). The summed E-state index contributed by atoms with van der Waals surface area (Å²) in [5, 5.41) is 3.38. The highest BCUT2D eigenvalue weighted by atomic mass is 127. The Bertz CT molecular complexity index is 689. The molecule has 0 spiro atoms. The average molecular weight is 549 g/mol. The lowest BCUT2D eigenvalue weighted by molar-refractivity contribution is 0.198. The third-order valence-corrected chi connectivity index (χ3v) is 6.26. The standard InChI is InChI=1S/C23H37F2N5.HI/c1-4-26-23(30-14-11-18(17-30)16-29-12-6-5-7-13-29)27-15-21(28(2)3)22-19(24)9-8-10-20(22)25;/h8-10,18,21H,4-7,11-17H2,1-3H3,(H,26,27);1H. The number of likely N-dealkylation sites (N-methyl/N-ethyl adjacent to an activating group) is 1. The van der Waals surface area contributed by atoms with E-state index in [0.717, 1.165) is 32.1 Å². The van der Waals surface area contributed by atoms with E-state index in [0.29, 0.717) is 12.5 Å². The second-order valence-electron chi connectivity index (χ2n) is 8.77. The minimum atomic E-state index is -0.517. The zero-order chi connectivity index (χ0) is 21.5. The normalized spacial score (nSPS) is 21.3. The van der Waals surface area contributed by atoms with Crippen molar-refractivity contribution in [2.45, 2.75) is 38.6 Å². The van der Waals surface area contributed by atoms with E-state index >= 15 is 0 Å². The number of likely N-dealkylation sites (tertiary alicyclic amines) is 2. The van der Waals surface area contributed by atoms with Gasteiger partial charge >= 0.3 is 0 Å². The summed E-state index contributed by atoms with van der Waals surface area (Å²) >= 11 is 0. The number of benzene rings is 1. The highest BCUT2D eigenvalue weighted by Gasteiger charge is 2.28. The second kappa shape index (κ2) is 12.9.